The monoisotopic (exact) mass is 329 g/mol. The van der Waals surface area contributed by atoms with Gasteiger partial charge in [-0.05, 0) is 38.7 Å². The second-order valence-electron chi connectivity index (χ2n) is 6.75. The lowest BCUT2D eigenvalue weighted by Crippen LogP contribution is -2.42. The van der Waals surface area contributed by atoms with E-state index in [1.807, 2.05) is 6.07 Å². The summed E-state index contributed by atoms with van der Waals surface area (Å²) in [4.78, 5) is 30.5. The Morgan fingerprint density at radius 1 is 1.33 bits per heavy atom. The van der Waals surface area contributed by atoms with Crippen molar-refractivity contribution >= 4 is 23.0 Å². The second kappa shape index (κ2) is 5.58. The van der Waals surface area contributed by atoms with Crippen LogP contribution in [0.15, 0.2) is 10.6 Å². The fraction of sp³-hybridized carbons (Fsp3) is 0.529. The highest BCUT2D eigenvalue weighted by Crippen LogP contribution is 2.40. The quantitative estimate of drug-likeness (QED) is 0.928. The lowest BCUT2D eigenvalue weighted by molar-refractivity contribution is -0.143. The van der Waals surface area contributed by atoms with Gasteiger partial charge in [-0.2, -0.15) is 0 Å². The average molecular weight is 329 g/mol. The zero-order chi connectivity index (χ0) is 16.8. The summed E-state index contributed by atoms with van der Waals surface area (Å²) in [6, 6.07) is 1.84. The molecule has 0 unspecified atom stereocenters. The minimum absolute atomic E-state index is 0.151. The molecule has 4 rings (SSSR count). The van der Waals surface area contributed by atoms with Crippen LogP contribution in [0.2, 0.25) is 0 Å². The van der Waals surface area contributed by atoms with Crippen molar-refractivity contribution in [2.75, 3.05) is 13.1 Å². The third kappa shape index (κ3) is 2.53. The van der Waals surface area contributed by atoms with Crippen molar-refractivity contribution in [1.29, 1.82) is 0 Å². The van der Waals surface area contributed by atoms with Crippen LogP contribution in [0.25, 0.3) is 11.1 Å². The molecule has 1 atom stereocenters. The van der Waals surface area contributed by atoms with Crippen molar-refractivity contribution in [3.63, 3.8) is 0 Å². The van der Waals surface area contributed by atoms with Crippen LogP contribution in [0, 0.1) is 12.8 Å². The molecule has 24 heavy (non-hydrogen) atoms. The molecule has 1 saturated carbocycles. The van der Waals surface area contributed by atoms with Crippen LogP contribution in [0.5, 0.6) is 0 Å². The van der Waals surface area contributed by atoms with E-state index in [-0.39, 0.29) is 12.5 Å². The van der Waals surface area contributed by atoms with Crippen molar-refractivity contribution in [1.82, 2.24) is 15.0 Å². The minimum atomic E-state index is -0.841. The number of nitrogens with zero attached hydrogens (tertiary/aromatic N) is 3. The Hall–Kier alpha value is -2.44. The van der Waals surface area contributed by atoms with Crippen LogP contribution in [0.1, 0.15) is 53.3 Å². The number of carboxylic acid groups (broad SMARTS) is 1. The number of aryl methyl sites for hydroxylation is 1. The van der Waals surface area contributed by atoms with Gasteiger partial charge in [0, 0.05) is 24.7 Å². The first-order valence-corrected chi connectivity index (χ1v) is 8.33. The van der Waals surface area contributed by atoms with Gasteiger partial charge in [0.15, 0.2) is 0 Å². The Kier molecular flexibility index (Phi) is 3.51. The average Bonchev–Trinajstić information content (AvgIpc) is 3.37. The van der Waals surface area contributed by atoms with E-state index in [4.69, 9.17) is 4.52 Å². The molecule has 2 fully saturated rings. The van der Waals surface area contributed by atoms with E-state index >= 15 is 0 Å². The van der Waals surface area contributed by atoms with Gasteiger partial charge in [0.25, 0.3) is 11.6 Å². The lowest BCUT2D eigenvalue weighted by Gasteiger charge is -2.31. The molecule has 3 heterocycles. The number of aromatic nitrogens is 2. The highest BCUT2D eigenvalue weighted by molar-refractivity contribution is 6.06. The zero-order valence-electron chi connectivity index (χ0n) is 13.5. The molecule has 0 spiro atoms. The van der Waals surface area contributed by atoms with E-state index in [0.29, 0.717) is 47.7 Å². The summed E-state index contributed by atoms with van der Waals surface area (Å²) >= 11 is 0. The van der Waals surface area contributed by atoms with Crippen LogP contribution in [0.3, 0.4) is 0 Å². The number of fused-ring (bicyclic) bond motifs is 1. The van der Waals surface area contributed by atoms with E-state index < -0.39 is 11.9 Å². The third-order valence-electron chi connectivity index (χ3n) is 4.92. The van der Waals surface area contributed by atoms with Crippen molar-refractivity contribution < 1.29 is 19.2 Å². The van der Waals surface area contributed by atoms with E-state index in [2.05, 4.69) is 10.1 Å². The molecular formula is C17H19N3O4. The largest absolute Gasteiger partial charge is 0.481 e. The molecule has 0 aromatic carbocycles. The highest BCUT2D eigenvalue weighted by atomic mass is 16.5. The van der Waals surface area contributed by atoms with Gasteiger partial charge < -0.3 is 14.5 Å². The number of carbonyl (C=O) groups excluding carboxylic acids is 1. The maximum absolute atomic E-state index is 13.1. The summed E-state index contributed by atoms with van der Waals surface area (Å²) in [5.74, 6) is -1.10. The molecule has 2 aliphatic rings. The number of carboxylic acids is 1. The summed E-state index contributed by atoms with van der Waals surface area (Å²) in [6.07, 6.45) is 3.47. The summed E-state index contributed by atoms with van der Waals surface area (Å²) in [7, 11) is 0. The number of rotatable bonds is 3. The van der Waals surface area contributed by atoms with Gasteiger partial charge in [-0.1, -0.05) is 5.16 Å². The van der Waals surface area contributed by atoms with Crippen molar-refractivity contribution in [3.05, 3.63) is 23.0 Å². The molecule has 2 aromatic heterocycles. The Balaban J connectivity index is 1.73. The second-order valence-corrected chi connectivity index (χ2v) is 6.75. The smallest absolute Gasteiger partial charge is 0.308 e. The molecule has 2 aromatic rings. The third-order valence-corrected chi connectivity index (χ3v) is 4.92. The lowest BCUT2D eigenvalue weighted by atomic mass is 9.97. The van der Waals surface area contributed by atoms with Gasteiger partial charge in [-0.3, -0.25) is 9.59 Å². The Morgan fingerprint density at radius 2 is 2.12 bits per heavy atom. The first kappa shape index (κ1) is 15.1. The molecule has 7 heteroatoms. The number of carbonyl (C=O) groups is 2. The van der Waals surface area contributed by atoms with Crippen molar-refractivity contribution in [2.45, 2.75) is 38.5 Å². The summed E-state index contributed by atoms with van der Waals surface area (Å²) in [6.45, 7) is 2.62. The Labute approximate surface area is 138 Å². The predicted octanol–water partition coefficient (Wildman–Crippen LogP) is 2.35. The van der Waals surface area contributed by atoms with Crippen LogP contribution < -0.4 is 0 Å². The topological polar surface area (TPSA) is 96.5 Å². The number of amides is 1. The normalized spacial score (nSPS) is 21.2. The number of pyridine rings is 1. The van der Waals surface area contributed by atoms with Crippen LogP contribution in [-0.4, -0.2) is 45.1 Å². The molecule has 7 nitrogen and oxygen atoms in total. The fourth-order valence-electron chi connectivity index (χ4n) is 3.40. The Bertz CT molecular complexity index is 825. The molecule has 1 saturated heterocycles. The zero-order valence-corrected chi connectivity index (χ0v) is 13.5. The van der Waals surface area contributed by atoms with E-state index in [9.17, 15) is 14.7 Å². The first-order chi connectivity index (χ1) is 11.5. The maximum Gasteiger partial charge on any atom is 0.308 e. The molecule has 1 amide bonds. The van der Waals surface area contributed by atoms with Gasteiger partial charge in [0.2, 0.25) is 0 Å². The molecule has 1 aliphatic carbocycles. The molecule has 1 N–H and O–H groups in total. The molecule has 1 aliphatic heterocycles. The van der Waals surface area contributed by atoms with Gasteiger partial charge in [-0.25, -0.2) is 4.98 Å². The van der Waals surface area contributed by atoms with Crippen LogP contribution in [0.4, 0.5) is 0 Å². The summed E-state index contributed by atoms with van der Waals surface area (Å²) in [5, 5.41) is 13.8. The first-order valence-electron chi connectivity index (χ1n) is 8.33. The number of hydrogen-bond donors (Lipinski definition) is 1. The van der Waals surface area contributed by atoms with Crippen LogP contribution in [-0.2, 0) is 4.79 Å². The van der Waals surface area contributed by atoms with E-state index in [1.54, 1.807) is 11.8 Å². The predicted molar refractivity (Wildman–Crippen MR) is 84.8 cm³/mol. The van der Waals surface area contributed by atoms with Gasteiger partial charge in [0.1, 0.15) is 0 Å². The minimum Gasteiger partial charge on any atom is -0.481 e. The van der Waals surface area contributed by atoms with Crippen molar-refractivity contribution in [2.24, 2.45) is 5.92 Å². The molecule has 0 radical (unpaired) electrons. The fourth-order valence-corrected chi connectivity index (χ4v) is 3.40. The Morgan fingerprint density at radius 3 is 2.83 bits per heavy atom. The standard InChI is InChI=1S/C17H19N3O4/c1-9-14-12(7-13(10-4-5-10)18-15(14)24-19-9)16(21)20-6-2-3-11(8-20)17(22)23/h7,10-11H,2-6,8H2,1H3,(H,22,23)/t11-/m0/s1. The number of piperidine rings is 1. The van der Waals surface area contributed by atoms with E-state index in [0.717, 1.165) is 18.5 Å². The van der Waals surface area contributed by atoms with E-state index in [1.165, 1.54) is 0 Å². The van der Waals surface area contributed by atoms with Crippen LogP contribution >= 0.6 is 0 Å². The summed E-state index contributed by atoms with van der Waals surface area (Å²) < 4.78 is 5.28. The SMILES string of the molecule is Cc1noc2nc(C3CC3)cc(C(=O)N3CCC[C@H](C(=O)O)C3)c12. The van der Waals surface area contributed by atoms with Gasteiger partial charge >= 0.3 is 5.97 Å². The highest BCUT2D eigenvalue weighted by Gasteiger charge is 2.32. The van der Waals surface area contributed by atoms with Crippen molar-refractivity contribution in [3.8, 4) is 0 Å². The molecular weight excluding hydrogens is 310 g/mol. The molecule has 126 valence electrons. The van der Waals surface area contributed by atoms with Gasteiger partial charge in [0.05, 0.1) is 22.6 Å². The number of hydrogen-bond acceptors (Lipinski definition) is 5. The molecule has 0 bridgehead atoms. The van der Waals surface area contributed by atoms with Gasteiger partial charge in [-0.15, -0.1) is 0 Å². The summed E-state index contributed by atoms with van der Waals surface area (Å²) in [5.41, 5.74) is 2.43. The maximum atomic E-state index is 13.1. The number of likely N-dealkylation sites (tertiary alicyclic amines) is 1. The number of aliphatic carboxylic acids is 1.